The van der Waals surface area contributed by atoms with Crippen molar-refractivity contribution in [3.8, 4) is 17.2 Å². The average molecular weight is 1340 g/mol. The maximum Gasteiger partial charge on any atom is 0.167 e. The van der Waals surface area contributed by atoms with Crippen molar-refractivity contribution in [2.24, 2.45) is 11.8 Å². The molecule has 3 aromatic rings. The summed E-state index contributed by atoms with van der Waals surface area (Å²) < 4.78 is 43.2. The summed E-state index contributed by atoms with van der Waals surface area (Å²) in [6.45, 7) is 61.1. The van der Waals surface area contributed by atoms with Crippen LogP contribution in [0, 0.1) is 11.8 Å². The zero-order chi connectivity index (χ0) is 73.2. The molecule has 15 nitrogen and oxygen atoms in total. The van der Waals surface area contributed by atoms with Crippen LogP contribution in [0.5, 0.6) is 17.2 Å². The van der Waals surface area contributed by atoms with Gasteiger partial charge in [0.15, 0.2) is 23.1 Å². The van der Waals surface area contributed by atoms with Gasteiger partial charge >= 0.3 is 0 Å². The first kappa shape index (κ1) is 94.6. The highest BCUT2D eigenvalue weighted by molar-refractivity contribution is 5.78. The van der Waals surface area contributed by atoms with Crippen LogP contribution in [0.15, 0.2) is 72.8 Å². The van der Waals surface area contributed by atoms with Crippen molar-refractivity contribution in [3.63, 3.8) is 0 Å². The largest absolute Gasteiger partial charge is 0.486 e. The van der Waals surface area contributed by atoms with E-state index in [0.29, 0.717) is 19.8 Å². The summed E-state index contributed by atoms with van der Waals surface area (Å²) in [6.07, 6.45) is 13.2. The molecule has 0 bridgehead atoms. The number of ketones is 4. The summed E-state index contributed by atoms with van der Waals surface area (Å²) in [6, 6.07) is 23.5. The predicted octanol–water partition coefficient (Wildman–Crippen LogP) is 17.2. The van der Waals surface area contributed by atoms with E-state index >= 15 is 0 Å². The SMILES string of the molecule is CC(C)(C)NCCCCCOC(C)(C)C.CC(C)(C)NCCOC(C)(C)C.CC(C)(C)NCCOCCOC(C)(C)C.CCCC1CC(COCC(C)=O)C1.CCCc1cccc(OCC(C)=O)c1.CCc1ccc(OCC(C)=O)cc1.CCc1ccc(OCC(C)=O)cc1. The smallest absolute Gasteiger partial charge is 0.167 e. The van der Waals surface area contributed by atoms with Crippen molar-refractivity contribution in [3.05, 3.63) is 89.5 Å². The standard InChI is InChI=1S/C13H29NO.C12H27NO2.C12H16O2.2C11H14O2.C11H20O2.C10H23NO/c1-12(2,3)14-10-8-7-9-11-15-13(4,5)6;1-11(2,3)13-7-8-14-9-10-15-12(4,5)6;1-3-5-11-6-4-7-12(8-11)14-9-10(2)13;2*1-3-10-4-6-11(7-5-10)13-8-9(2)12;1-3-4-10-5-11(6-10)8-13-7-9(2)12;1-9(2,3)11-7-8-12-10(4,5)6/h14H,7-11H2,1-6H3;13H,7-10H2,1-6H3;4,6-8H,3,5,9H2,1-2H3;2*4-7H,3,8H2,1-2H3;10-11H,3-8H2,1-2H3;11H,7-8H2,1-6H3. The van der Waals surface area contributed by atoms with E-state index in [2.05, 4.69) is 154 Å². The third-order valence-electron chi connectivity index (χ3n) is 13.1. The second-order valence-corrected chi connectivity index (χ2v) is 30.7. The Labute approximate surface area is 581 Å². The van der Waals surface area contributed by atoms with Gasteiger partial charge in [-0.3, -0.25) is 19.2 Å². The number of aryl methyl sites for hydroxylation is 3. The van der Waals surface area contributed by atoms with Crippen molar-refractivity contribution >= 4 is 23.1 Å². The number of hydrogen-bond acceptors (Lipinski definition) is 15. The number of carbonyl (C=O) groups is 4. The number of unbranched alkanes of at least 4 members (excludes halogenated alkanes) is 2. The summed E-state index contributed by atoms with van der Waals surface area (Å²) >= 11 is 0. The molecule has 0 aliphatic heterocycles. The van der Waals surface area contributed by atoms with Gasteiger partial charge in [-0.25, -0.2) is 0 Å². The van der Waals surface area contributed by atoms with E-state index in [4.69, 9.17) is 37.9 Å². The van der Waals surface area contributed by atoms with Gasteiger partial charge < -0.3 is 53.8 Å². The van der Waals surface area contributed by atoms with Gasteiger partial charge in [0.1, 0.15) is 43.7 Å². The lowest BCUT2D eigenvalue weighted by molar-refractivity contribution is -0.122. The molecule has 0 saturated heterocycles. The van der Waals surface area contributed by atoms with Gasteiger partial charge in [0.25, 0.3) is 0 Å². The van der Waals surface area contributed by atoms with Gasteiger partial charge in [0, 0.05) is 36.3 Å². The van der Waals surface area contributed by atoms with Gasteiger partial charge in [0.05, 0.1) is 49.8 Å². The van der Waals surface area contributed by atoms with Crippen LogP contribution >= 0.6 is 0 Å². The Balaban J connectivity index is -0.00000104. The van der Waals surface area contributed by atoms with Crippen LogP contribution in [0.1, 0.15) is 248 Å². The van der Waals surface area contributed by atoms with Crippen molar-refractivity contribution in [1.82, 2.24) is 16.0 Å². The van der Waals surface area contributed by atoms with Crippen molar-refractivity contribution in [1.29, 1.82) is 0 Å². The van der Waals surface area contributed by atoms with Crippen LogP contribution in [-0.4, -0.2) is 142 Å². The number of benzene rings is 3. The first-order valence-corrected chi connectivity index (χ1v) is 35.5. The molecule has 3 N–H and O–H groups in total. The van der Waals surface area contributed by atoms with E-state index in [9.17, 15) is 19.2 Å². The van der Waals surface area contributed by atoms with Crippen LogP contribution in [0.4, 0.5) is 0 Å². The maximum atomic E-state index is 10.7. The Kier molecular flexibility index (Phi) is 53.2. The molecule has 0 unspecified atom stereocenters. The molecule has 0 amide bonds. The van der Waals surface area contributed by atoms with Gasteiger partial charge in [-0.1, -0.05) is 83.4 Å². The number of Topliss-reactive ketones (excluding diaryl/α,β-unsaturated/α-hetero) is 4. The highest BCUT2D eigenvalue weighted by atomic mass is 16.5. The minimum absolute atomic E-state index is 0.0143. The molecule has 0 heterocycles. The Morgan fingerprint density at radius 1 is 0.400 bits per heavy atom. The van der Waals surface area contributed by atoms with E-state index in [1.807, 2.05) is 87.5 Å². The summed E-state index contributed by atoms with van der Waals surface area (Å²) in [7, 11) is 0. The zero-order valence-corrected chi connectivity index (χ0v) is 65.5. The van der Waals surface area contributed by atoms with Gasteiger partial charge in [-0.2, -0.15) is 0 Å². The number of carbonyl (C=O) groups excluding carboxylic acids is 4. The van der Waals surface area contributed by atoms with Crippen molar-refractivity contribution < 1.29 is 57.1 Å². The van der Waals surface area contributed by atoms with Crippen LogP contribution in [0.25, 0.3) is 0 Å². The van der Waals surface area contributed by atoms with E-state index in [0.717, 1.165) is 101 Å². The predicted molar refractivity (Wildman–Crippen MR) is 398 cm³/mol. The number of hydrogen-bond donors (Lipinski definition) is 3. The zero-order valence-electron chi connectivity index (χ0n) is 65.5. The summed E-state index contributed by atoms with van der Waals surface area (Å²) in [5.74, 6) is 4.23. The molecule has 1 saturated carbocycles. The van der Waals surface area contributed by atoms with Crippen LogP contribution < -0.4 is 30.2 Å². The second kappa shape index (κ2) is 53.4. The van der Waals surface area contributed by atoms with Crippen molar-refractivity contribution in [2.45, 2.75) is 284 Å². The lowest BCUT2D eigenvalue weighted by atomic mass is 9.73. The minimum Gasteiger partial charge on any atom is -0.486 e. The summed E-state index contributed by atoms with van der Waals surface area (Å²) in [5, 5.41) is 10.2. The first-order chi connectivity index (χ1) is 44.0. The topological polar surface area (TPSA) is 178 Å². The third-order valence-corrected chi connectivity index (χ3v) is 13.1. The fourth-order valence-electron chi connectivity index (χ4n) is 8.34. The van der Waals surface area contributed by atoms with Gasteiger partial charge in [0.2, 0.25) is 0 Å². The molecule has 95 heavy (non-hydrogen) atoms. The summed E-state index contributed by atoms with van der Waals surface area (Å²) in [5.41, 5.74) is 4.36. The molecule has 0 atom stereocenters. The highest BCUT2D eigenvalue weighted by Crippen LogP contribution is 2.36. The highest BCUT2D eigenvalue weighted by Gasteiger charge is 2.28. The third kappa shape index (κ3) is 72.0. The normalized spacial score (nSPS) is 13.7. The first-order valence-electron chi connectivity index (χ1n) is 35.5. The van der Waals surface area contributed by atoms with Crippen LogP contribution in [0.3, 0.4) is 0 Å². The number of rotatable bonds is 34. The van der Waals surface area contributed by atoms with E-state index < -0.39 is 0 Å². The molecule has 0 spiro atoms. The molecule has 4 rings (SSSR count). The maximum absolute atomic E-state index is 10.7. The lowest BCUT2D eigenvalue weighted by Crippen LogP contribution is -2.39. The van der Waals surface area contributed by atoms with E-state index in [-0.39, 0.29) is 76.4 Å². The fraction of sp³-hybridized carbons (Fsp3) is 0.725. The average Bonchev–Trinajstić information content (AvgIpc) is 1.01. The molecule has 550 valence electrons. The molecule has 1 aliphatic rings. The Morgan fingerprint density at radius 3 is 1.21 bits per heavy atom. The summed E-state index contributed by atoms with van der Waals surface area (Å²) in [4.78, 5) is 42.5. The molecular weight excluding hydrogens is 1190 g/mol. The number of ether oxygens (including phenoxy) is 8. The quantitative estimate of drug-likeness (QED) is 0.0481. The molecular formula is C80H143N3O12. The molecule has 0 aromatic heterocycles. The number of nitrogens with one attached hydrogen (secondary N) is 3. The van der Waals surface area contributed by atoms with Crippen LogP contribution in [-0.2, 0) is 62.1 Å². The van der Waals surface area contributed by atoms with Gasteiger partial charge in [-0.15, -0.1) is 0 Å². The lowest BCUT2D eigenvalue weighted by Gasteiger charge is -2.34. The second-order valence-electron chi connectivity index (χ2n) is 30.7. The Bertz CT molecular complexity index is 2210. The Morgan fingerprint density at radius 2 is 0.811 bits per heavy atom. The van der Waals surface area contributed by atoms with E-state index in [1.54, 1.807) is 6.92 Å². The van der Waals surface area contributed by atoms with Gasteiger partial charge in [-0.05, 0) is 275 Å². The molecule has 1 aliphatic carbocycles. The molecule has 0 radical (unpaired) electrons. The molecule has 1 fully saturated rings. The van der Waals surface area contributed by atoms with E-state index in [1.165, 1.54) is 82.4 Å². The fourth-order valence-corrected chi connectivity index (χ4v) is 8.34. The molecule has 3 aromatic carbocycles. The monoisotopic (exact) mass is 1340 g/mol. The van der Waals surface area contributed by atoms with Crippen LogP contribution in [0.2, 0.25) is 0 Å². The molecule has 15 heteroatoms. The Hall–Kier alpha value is -4.58. The minimum atomic E-state index is -0.0625. The van der Waals surface area contributed by atoms with Crippen molar-refractivity contribution in [2.75, 3.05) is 85.7 Å².